The molecule has 1 fully saturated rings. The molecule has 0 saturated carbocycles. The number of fused-ring (bicyclic) bond motifs is 1. The SMILES string of the molecule is Cc1ccc(S(=O)(=O)n2ccc3c(NC4CCNCC4(F)F)ncnc32)cc1. The number of nitrogens with one attached hydrogen (secondary N) is 2. The molecule has 1 unspecified atom stereocenters. The Morgan fingerprint density at radius 3 is 2.68 bits per heavy atom. The first-order valence-corrected chi connectivity index (χ1v) is 10.2. The van der Waals surface area contributed by atoms with E-state index in [-0.39, 0.29) is 22.8 Å². The molecule has 3 heterocycles. The Bertz CT molecular complexity index is 1110. The van der Waals surface area contributed by atoms with Crippen LogP contribution >= 0.6 is 0 Å². The second-order valence-electron chi connectivity index (χ2n) is 6.81. The largest absolute Gasteiger partial charge is 0.361 e. The number of piperidine rings is 1. The van der Waals surface area contributed by atoms with E-state index in [2.05, 4.69) is 20.6 Å². The van der Waals surface area contributed by atoms with E-state index in [0.717, 1.165) is 9.54 Å². The molecule has 0 spiro atoms. The zero-order valence-electron chi connectivity index (χ0n) is 15.1. The molecule has 10 heteroatoms. The minimum Gasteiger partial charge on any atom is -0.361 e. The predicted molar refractivity (Wildman–Crippen MR) is 101 cm³/mol. The van der Waals surface area contributed by atoms with Crippen LogP contribution in [0, 0.1) is 6.92 Å². The summed E-state index contributed by atoms with van der Waals surface area (Å²) < 4.78 is 55.3. The highest BCUT2D eigenvalue weighted by Gasteiger charge is 2.42. The Kier molecular flexibility index (Phi) is 4.54. The number of benzene rings is 1. The Labute approximate surface area is 160 Å². The van der Waals surface area contributed by atoms with Gasteiger partial charge in [-0.1, -0.05) is 17.7 Å². The lowest BCUT2D eigenvalue weighted by Crippen LogP contribution is -2.53. The molecule has 0 amide bonds. The van der Waals surface area contributed by atoms with Gasteiger partial charge in [-0.2, -0.15) is 0 Å². The van der Waals surface area contributed by atoms with Crippen molar-refractivity contribution in [2.24, 2.45) is 0 Å². The molecule has 28 heavy (non-hydrogen) atoms. The van der Waals surface area contributed by atoms with Gasteiger partial charge in [0.15, 0.2) is 5.65 Å². The molecule has 0 aliphatic carbocycles. The van der Waals surface area contributed by atoms with Gasteiger partial charge in [-0.15, -0.1) is 0 Å². The first-order chi connectivity index (χ1) is 13.3. The Balaban J connectivity index is 1.74. The molecule has 0 radical (unpaired) electrons. The summed E-state index contributed by atoms with van der Waals surface area (Å²) in [5.74, 6) is -2.75. The molecule has 2 aromatic heterocycles. The lowest BCUT2D eigenvalue weighted by atomic mass is 10.0. The van der Waals surface area contributed by atoms with E-state index in [9.17, 15) is 17.2 Å². The number of halogens is 2. The Morgan fingerprint density at radius 2 is 1.96 bits per heavy atom. The van der Waals surface area contributed by atoms with E-state index in [0.29, 0.717) is 11.9 Å². The average Bonchev–Trinajstić information content (AvgIpc) is 3.10. The number of anilines is 1. The Hall–Kier alpha value is -2.59. The van der Waals surface area contributed by atoms with Gasteiger partial charge in [0.2, 0.25) is 0 Å². The third-order valence-electron chi connectivity index (χ3n) is 4.82. The molecule has 3 aromatic rings. The zero-order chi connectivity index (χ0) is 19.9. The van der Waals surface area contributed by atoms with Crippen molar-refractivity contribution >= 4 is 26.9 Å². The van der Waals surface area contributed by atoms with E-state index in [4.69, 9.17) is 0 Å². The first-order valence-electron chi connectivity index (χ1n) is 8.78. The number of rotatable bonds is 4. The quantitative estimate of drug-likeness (QED) is 0.690. The van der Waals surface area contributed by atoms with Crippen LogP contribution in [0.15, 0.2) is 47.8 Å². The number of nitrogens with zero attached hydrogens (tertiary/aromatic N) is 3. The van der Waals surface area contributed by atoms with Crippen molar-refractivity contribution < 1.29 is 17.2 Å². The summed E-state index contributed by atoms with van der Waals surface area (Å²) in [6, 6.07) is 6.88. The maximum Gasteiger partial charge on any atom is 0.279 e. The second-order valence-corrected chi connectivity index (χ2v) is 8.63. The number of hydrogen-bond acceptors (Lipinski definition) is 6. The van der Waals surface area contributed by atoms with Gasteiger partial charge in [0, 0.05) is 6.20 Å². The fraction of sp³-hybridized carbons (Fsp3) is 0.333. The van der Waals surface area contributed by atoms with Crippen LogP contribution in [0.1, 0.15) is 12.0 Å². The third kappa shape index (κ3) is 3.22. The monoisotopic (exact) mass is 407 g/mol. The van der Waals surface area contributed by atoms with Crippen molar-refractivity contribution in [3.63, 3.8) is 0 Å². The van der Waals surface area contributed by atoms with Crippen LogP contribution in [0.3, 0.4) is 0 Å². The van der Waals surface area contributed by atoms with E-state index >= 15 is 0 Å². The highest BCUT2D eigenvalue weighted by molar-refractivity contribution is 7.90. The van der Waals surface area contributed by atoms with E-state index in [1.54, 1.807) is 12.1 Å². The van der Waals surface area contributed by atoms with Gasteiger partial charge in [-0.3, -0.25) is 0 Å². The van der Waals surface area contributed by atoms with Gasteiger partial charge < -0.3 is 10.6 Å². The van der Waals surface area contributed by atoms with Crippen molar-refractivity contribution in [1.29, 1.82) is 0 Å². The average molecular weight is 407 g/mol. The molecule has 2 N–H and O–H groups in total. The molecule has 1 saturated heterocycles. The van der Waals surface area contributed by atoms with E-state index in [1.165, 1.54) is 30.7 Å². The van der Waals surface area contributed by atoms with Gasteiger partial charge in [-0.05, 0) is 38.1 Å². The minimum atomic E-state index is -3.87. The molecule has 1 aliphatic heterocycles. The summed E-state index contributed by atoms with van der Waals surface area (Å²) in [5, 5.41) is 5.81. The van der Waals surface area contributed by atoms with Crippen molar-refractivity contribution in [1.82, 2.24) is 19.3 Å². The summed E-state index contributed by atoms with van der Waals surface area (Å²) in [6.45, 7) is 1.91. The van der Waals surface area contributed by atoms with Gasteiger partial charge in [0.25, 0.3) is 15.9 Å². The zero-order valence-corrected chi connectivity index (χ0v) is 15.9. The smallest absolute Gasteiger partial charge is 0.279 e. The highest BCUT2D eigenvalue weighted by atomic mass is 32.2. The maximum atomic E-state index is 14.1. The molecule has 1 aliphatic rings. The van der Waals surface area contributed by atoms with Gasteiger partial charge in [0.1, 0.15) is 12.1 Å². The van der Waals surface area contributed by atoms with Crippen LogP contribution in [0.5, 0.6) is 0 Å². The molecule has 7 nitrogen and oxygen atoms in total. The third-order valence-corrected chi connectivity index (χ3v) is 6.50. The topological polar surface area (TPSA) is 88.9 Å². The van der Waals surface area contributed by atoms with Crippen LogP contribution in [0.25, 0.3) is 11.0 Å². The lowest BCUT2D eigenvalue weighted by Gasteiger charge is -2.32. The molecular formula is C18H19F2N5O2S. The number of aryl methyl sites for hydroxylation is 1. The van der Waals surface area contributed by atoms with Crippen molar-refractivity contribution in [2.75, 3.05) is 18.4 Å². The van der Waals surface area contributed by atoms with Crippen LogP contribution in [-0.2, 0) is 10.0 Å². The van der Waals surface area contributed by atoms with Crippen LogP contribution in [0.4, 0.5) is 14.6 Å². The van der Waals surface area contributed by atoms with Crippen LogP contribution < -0.4 is 10.6 Å². The predicted octanol–water partition coefficient (Wildman–Crippen LogP) is 2.39. The molecule has 148 valence electrons. The normalized spacial score (nSPS) is 19.6. The standard InChI is InChI=1S/C18H19F2N5O2S/c1-12-2-4-13(5-3-12)28(26,27)25-9-7-14-16(22-11-23-17(14)25)24-15-6-8-21-10-18(15,19)20/h2-5,7,9,11,15,21H,6,8,10H2,1H3,(H,22,23,24). The summed E-state index contributed by atoms with van der Waals surface area (Å²) in [5.41, 5.74) is 1.07. The molecule has 1 atom stereocenters. The van der Waals surface area contributed by atoms with Crippen molar-refractivity contribution in [2.45, 2.75) is 30.2 Å². The van der Waals surface area contributed by atoms with Crippen LogP contribution in [0.2, 0.25) is 0 Å². The highest BCUT2D eigenvalue weighted by Crippen LogP contribution is 2.30. The molecular weight excluding hydrogens is 388 g/mol. The minimum absolute atomic E-state index is 0.119. The van der Waals surface area contributed by atoms with Gasteiger partial charge in [0.05, 0.1) is 22.9 Å². The Morgan fingerprint density at radius 1 is 1.21 bits per heavy atom. The molecule has 4 rings (SSSR count). The molecule has 0 bridgehead atoms. The van der Waals surface area contributed by atoms with Crippen molar-refractivity contribution in [3.05, 3.63) is 48.4 Å². The summed E-state index contributed by atoms with van der Waals surface area (Å²) in [7, 11) is -3.87. The summed E-state index contributed by atoms with van der Waals surface area (Å²) in [6.07, 6.45) is 2.76. The maximum absolute atomic E-state index is 14.1. The van der Waals surface area contributed by atoms with Gasteiger partial charge >= 0.3 is 0 Å². The first kappa shape index (κ1) is 18.8. The number of alkyl halides is 2. The summed E-state index contributed by atoms with van der Waals surface area (Å²) in [4.78, 5) is 8.25. The number of hydrogen-bond donors (Lipinski definition) is 2. The lowest BCUT2D eigenvalue weighted by molar-refractivity contribution is -0.0322. The van der Waals surface area contributed by atoms with E-state index < -0.39 is 28.5 Å². The fourth-order valence-electron chi connectivity index (χ4n) is 3.24. The second kappa shape index (κ2) is 6.78. The summed E-state index contributed by atoms with van der Waals surface area (Å²) >= 11 is 0. The molecule has 1 aromatic carbocycles. The fourth-order valence-corrected chi connectivity index (χ4v) is 4.54. The van der Waals surface area contributed by atoms with Gasteiger partial charge in [-0.25, -0.2) is 31.1 Å². The number of aromatic nitrogens is 3. The van der Waals surface area contributed by atoms with Crippen molar-refractivity contribution in [3.8, 4) is 0 Å². The van der Waals surface area contributed by atoms with E-state index in [1.807, 2.05) is 6.92 Å². The van der Waals surface area contributed by atoms with Crippen LogP contribution in [-0.4, -0.2) is 47.4 Å².